The Hall–Kier alpha value is -1.71. The van der Waals surface area contributed by atoms with Gasteiger partial charge in [0, 0.05) is 7.05 Å². The zero-order valence-electron chi connectivity index (χ0n) is 8.18. The van der Waals surface area contributed by atoms with Crippen LogP contribution in [0, 0.1) is 6.92 Å². The van der Waals surface area contributed by atoms with Crippen LogP contribution in [-0.4, -0.2) is 19.7 Å². The summed E-state index contributed by atoms with van der Waals surface area (Å²) in [5, 5.41) is 5.64. The van der Waals surface area contributed by atoms with Crippen LogP contribution >= 0.6 is 0 Å². The van der Waals surface area contributed by atoms with Crippen molar-refractivity contribution in [3.8, 4) is 5.75 Å². The monoisotopic (exact) mass is 192 g/mol. The van der Waals surface area contributed by atoms with Gasteiger partial charge in [0.25, 0.3) is 5.91 Å². The number of hydrogen-bond donors (Lipinski definition) is 2. The lowest BCUT2D eigenvalue weighted by molar-refractivity contribution is 0.0884. The predicted molar refractivity (Wildman–Crippen MR) is 53.7 cm³/mol. The number of hydrogen-bond acceptors (Lipinski definition) is 3. The molecule has 0 aromatic heterocycles. The van der Waals surface area contributed by atoms with E-state index in [4.69, 9.17) is 4.74 Å². The van der Waals surface area contributed by atoms with Crippen molar-refractivity contribution in [2.45, 2.75) is 6.92 Å². The highest BCUT2D eigenvalue weighted by Crippen LogP contribution is 2.31. The molecule has 0 radical (unpaired) electrons. The molecule has 1 amide bonds. The molecule has 2 N–H and O–H groups in total. The molecule has 1 heterocycles. The van der Waals surface area contributed by atoms with Crippen LogP contribution < -0.4 is 15.4 Å². The Morgan fingerprint density at radius 1 is 1.50 bits per heavy atom. The minimum absolute atomic E-state index is 0.0774. The summed E-state index contributed by atoms with van der Waals surface area (Å²) >= 11 is 0. The van der Waals surface area contributed by atoms with E-state index in [-0.39, 0.29) is 12.6 Å². The van der Waals surface area contributed by atoms with E-state index in [1.165, 1.54) is 0 Å². The number of nitrogens with one attached hydrogen (secondary N) is 2. The smallest absolute Gasteiger partial charge is 0.257 e. The maximum Gasteiger partial charge on any atom is 0.257 e. The Balaban J connectivity index is 2.60. The van der Waals surface area contributed by atoms with Crippen LogP contribution in [0.25, 0.3) is 0 Å². The lowest BCUT2D eigenvalue weighted by Gasteiger charge is -2.20. The Morgan fingerprint density at radius 3 is 3.00 bits per heavy atom. The second-order valence-corrected chi connectivity index (χ2v) is 3.23. The summed E-state index contributed by atoms with van der Waals surface area (Å²) in [6.45, 7) is 2.19. The zero-order valence-corrected chi connectivity index (χ0v) is 8.18. The van der Waals surface area contributed by atoms with Gasteiger partial charge in [0.2, 0.25) is 0 Å². The third-order valence-corrected chi connectivity index (χ3v) is 2.20. The fourth-order valence-corrected chi connectivity index (χ4v) is 1.55. The van der Waals surface area contributed by atoms with Gasteiger partial charge in [-0.05, 0) is 24.6 Å². The summed E-state index contributed by atoms with van der Waals surface area (Å²) < 4.78 is 5.38. The molecule has 0 aliphatic carbocycles. The number of carbonyl (C=O) groups is 1. The number of ether oxygens (including phenoxy) is 1. The van der Waals surface area contributed by atoms with E-state index in [2.05, 4.69) is 10.6 Å². The first-order valence-electron chi connectivity index (χ1n) is 4.46. The van der Waals surface area contributed by atoms with Crippen LogP contribution in [0.5, 0.6) is 5.75 Å². The molecule has 0 spiro atoms. The van der Waals surface area contributed by atoms with E-state index in [0.29, 0.717) is 11.3 Å². The molecule has 0 atom stereocenters. The van der Waals surface area contributed by atoms with E-state index < -0.39 is 0 Å². The van der Waals surface area contributed by atoms with Crippen LogP contribution in [0.3, 0.4) is 0 Å². The standard InChI is InChI=1S/C10H12N2O2/c1-6-3-7-9(8(4-6)11-2)14-5-12-10(7)13/h3-4,11H,5H2,1-2H3,(H,12,13). The molecule has 14 heavy (non-hydrogen) atoms. The minimum Gasteiger partial charge on any atom is -0.470 e. The molecule has 4 nitrogen and oxygen atoms in total. The highest BCUT2D eigenvalue weighted by Gasteiger charge is 2.20. The van der Waals surface area contributed by atoms with Gasteiger partial charge in [-0.2, -0.15) is 0 Å². The van der Waals surface area contributed by atoms with Gasteiger partial charge in [-0.3, -0.25) is 4.79 Å². The summed E-state index contributed by atoms with van der Waals surface area (Å²) in [5.74, 6) is 0.563. The first-order valence-corrected chi connectivity index (χ1v) is 4.46. The van der Waals surface area contributed by atoms with Crippen molar-refractivity contribution < 1.29 is 9.53 Å². The van der Waals surface area contributed by atoms with Gasteiger partial charge in [0.15, 0.2) is 12.5 Å². The zero-order chi connectivity index (χ0) is 10.1. The molecule has 0 fully saturated rings. The molecule has 1 aliphatic rings. The van der Waals surface area contributed by atoms with Crippen molar-refractivity contribution in [2.75, 3.05) is 19.1 Å². The average Bonchev–Trinajstić information content (AvgIpc) is 2.18. The molecule has 0 saturated heterocycles. The topological polar surface area (TPSA) is 50.4 Å². The number of amides is 1. The molecule has 0 unspecified atom stereocenters. The molecule has 74 valence electrons. The lowest BCUT2D eigenvalue weighted by atomic mass is 10.1. The fourth-order valence-electron chi connectivity index (χ4n) is 1.55. The molecule has 1 aliphatic heterocycles. The van der Waals surface area contributed by atoms with Crippen LogP contribution in [-0.2, 0) is 0 Å². The first-order chi connectivity index (χ1) is 6.72. The average molecular weight is 192 g/mol. The predicted octanol–water partition coefficient (Wildman–Crippen LogP) is 1.12. The number of fused-ring (bicyclic) bond motifs is 1. The van der Waals surface area contributed by atoms with Crippen molar-refractivity contribution in [2.24, 2.45) is 0 Å². The van der Waals surface area contributed by atoms with E-state index >= 15 is 0 Å². The number of rotatable bonds is 1. The second kappa shape index (κ2) is 3.21. The van der Waals surface area contributed by atoms with Gasteiger partial charge in [-0.15, -0.1) is 0 Å². The SMILES string of the molecule is CNc1cc(C)cc2c1OCNC2=O. The van der Waals surface area contributed by atoms with Gasteiger partial charge >= 0.3 is 0 Å². The van der Waals surface area contributed by atoms with E-state index in [1.807, 2.05) is 26.1 Å². The van der Waals surface area contributed by atoms with E-state index in [1.54, 1.807) is 0 Å². The molecule has 0 bridgehead atoms. The van der Waals surface area contributed by atoms with Crippen molar-refractivity contribution in [3.05, 3.63) is 23.3 Å². The Bertz CT molecular complexity index is 388. The van der Waals surface area contributed by atoms with Gasteiger partial charge in [-0.25, -0.2) is 0 Å². The Morgan fingerprint density at radius 2 is 2.29 bits per heavy atom. The largest absolute Gasteiger partial charge is 0.470 e. The van der Waals surface area contributed by atoms with E-state index in [9.17, 15) is 4.79 Å². The fraction of sp³-hybridized carbons (Fsp3) is 0.300. The highest BCUT2D eigenvalue weighted by molar-refractivity contribution is 5.99. The van der Waals surface area contributed by atoms with Gasteiger partial charge < -0.3 is 15.4 Å². The maximum atomic E-state index is 11.5. The lowest BCUT2D eigenvalue weighted by Crippen LogP contribution is -2.33. The van der Waals surface area contributed by atoms with Crippen molar-refractivity contribution in [1.82, 2.24) is 5.32 Å². The molecule has 1 aromatic rings. The number of aryl methyl sites for hydroxylation is 1. The summed E-state index contributed by atoms with van der Waals surface area (Å²) in [7, 11) is 1.81. The third-order valence-electron chi connectivity index (χ3n) is 2.20. The normalized spacial score (nSPS) is 14.0. The quantitative estimate of drug-likeness (QED) is 0.701. The van der Waals surface area contributed by atoms with E-state index in [0.717, 1.165) is 11.3 Å². The van der Waals surface area contributed by atoms with Crippen LogP contribution in [0.1, 0.15) is 15.9 Å². The molecular weight excluding hydrogens is 180 g/mol. The second-order valence-electron chi connectivity index (χ2n) is 3.23. The summed E-state index contributed by atoms with van der Waals surface area (Å²) in [4.78, 5) is 11.5. The Labute approximate surface area is 82.3 Å². The third kappa shape index (κ3) is 1.28. The number of carbonyl (C=O) groups excluding carboxylic acids is 1. The van der Waals surface area contributed by atoms with Crippen molar-refractivity contribution in [1.29, 1.82) is 0 Å². The summed E-state index contributed by atoms with van der Waals surface area (Å²) in [6.07, 6.45) is 0. The van der Waals surface area contributed by atoms with Crippen molar-refractivity contribution in [3.63, 3.8) is 0 Å². The van der Waals surface area contributed by atoms with Crippen LogP contribution in [0.4, 0.5) is 5.69 Å². The number of anilines is 1. The maximum absolute atomic E-state index is 11.5. The summed E-state index contributed by atoms with van der Waals surface area (Å²) in [6, 6.07) is 3.78. The van der Waals surface area contributed by atoms with Gasteiger partial charge in [0.1, 0.15) is 0 Å². The van der Waals surface area contributed by atoms with Crippen LogP contribution in [0.2, 0.25) is 0 Å². The Kier molecular flexibility index (Phi) is 2.04. The summed E-state index contributed by atoms with van der Waals surface area (Å²) in [5.41, 5.74) is 2.49. The number of benzene rings is 1. The van der Waals surface area contributed by atoms with Crippen LogP contribution in [0.15, 0.2) is 12.1 Å². The molecule has 0 saturated carbocycles. The molecule has 1 aromatic carbocycles. The minimum atomic E-state index is -0.0774. The molecule has 2 rings (SSSR count). The van der Waals surface area contributed by atoms with Gasteiger partial charge in [0.05, 0.1) is 11.3 Å². The molecular formula is C10H12N2O2. The first kappa shape index (κ1) is 8.87. The van der Waals surface area contributed by atoms with Gasteiger partial charge in [-0.1, -0.05) is 0 Å². The highest BCUT2D eigenvalue weighted by atomic mass is 16.5. The molecule has 4 heteroatoms. The van der Waals surface area contributed by atoms with Crippen molar-refractivity contribution >= 4 is 11.6 Å².